The van der Waals surface area contributed by atoms with Gasteiger partial charge in [-0.25, -0.2) is 0 Å². The van der Waals surface area contributed by atoms with Gasteiger partial charge in [-0.1, -0.05) is 17.7 Å². The van der Waals surface area contributed by atoms with E-state index < -0.39 is 0 Å². The summed E-state index contributed by atoms with van der Waals surface area (Å²) in [6.07, 6.45) is 3.59. The molecular weight excluding hydrogens is 302 g/mol. The van der Waals surface area contributed by atoms with Crippen LogP contribution < -0.4 is 9.64 Å². The number of hydrogen-bond acceptors (Lipinski definition) is 4. The minimum absolute atomic E-state index is 0.0457. The van der Waals surface area contributed by atoms with Gasteiger partial charge in [-0.15, -0.1) is 0 Å². The number of aryl methyl sites for hydroxylation is 2. The molecular formula is C19H23N3O2. The number of carbonyl (C=O) groups is 1. The minimum Gasteiger partial charge on any atom is -0.484 e. The summed E-state index contributed by atoms with van der Waals surface area (Å²) < 4.78 is 5.71. The molecule has 126 valence electrons. The maximum absolute atomic E-state index is 12.4. The van der Waals surface area contributed by atoms with Crippen LogP contribution in [0.15, 0.2) is 42.7 Å². The van der Waals surface area contributed by atoms with Crippen LogP contribution in [0, 0.1) is 13.8 Å². The van der Waals surface area contributed by atoms with Crippen LogP contribution in [0.1, 0.15) is 11.1 Å². The maximum atomic E-state index is 12.4. The molecule has 0 saturated carbocycles. The zero-order valence-corrected chi connectivity index (χ0v) is 14.2. The summed E-state index contributed by atoms with van der Waals surface area (Å²) >= 11 is 0. The van der Waals surface area contributed by atoms with Gasteiger partial charge in [0, 0.05) is 44.3 Å². The molecule has 0 N–H and O–H groups in total. The highest BCUT2D eigenvalue weighted by molar-refractivity contribution is 5.78. The molecule has 2 aromatic rings. The topological polar surface area (TPSA) is 45.7 Å². The Kier molecular flexibility index (Phi) is 4.99. The second-order valence-corrected chi connectivity index (χ2v) is 6.13. The van der Waals surface area contributed by atoms with E-state index in [0.717, 1.165) is 43.2 Å². The number of nitrogens with zero attached hydrogens (tertiary/aromatic N) is 3. The molecule has 1 aliphatic rings. The summed E-state index contributed by atoms with van der Waals surface area (Å²) in [7, 11) is 0. The van der Waals surface area contributed by atoms with Crippen LogP contribution in [0.2, 0.25) is 0 Å². The van der Waals surface area contributed by atoms with Gasteiger partial charge in [0.25, 0.3) is 5.91 Å². The minimum atomic E-state index is 0.0457. The quantitative estimate of drug-likeness (QED) is 0.866. The summed E-state index contributed by atoms with van der Waals surface area (Å²) in [6.45, 7) is 7.25. The number of anilines is 1. The fourth-order valence-corrected chi connectivity index (χ4v) is 2.96. The molecule has 0 bridgehead atoms. The van der Waals surface area contributed by atoms with Gasteiger partial charge in [0.05, 0.1) is 0 Å². The van der Waals surface area contributed by atoms with Gasteiger partial charge in [-0.05, 0) is 37.6 Å². The van der Waals surface area contributed by atoms with E-state index >= 15 is 0 Å². The lowest BCUT2D eigenvalue weighted by Crippen LogP contribution is -2.50. The molecule has 1 saturated heterocycles. The van der Waals surface area contributed by atoms with E-state index in [1.165, 1.54) is 5.56 Å². The third-order valence-corrected chi connectivity index (χ3v) is 4.34. The lowest BCUT2D eigenvalue weighted by molar-refractivity contribution is -0.133. The zero-order chi connectivity index (χ0) is 16.9. The first kappa shape index (κ1) is 16.3. The fourth-order valence-electron chi connectivity index (χ4n) is 2.96. The van der Waals surface area contributed by atoms with Gasteiger partial charge in [0.2, 0.25) is 0 Å². The van der Waals surface area contributed by atoms with Crippen molar-refractivity contribution in [3.8, 4) is 5.75 Å². The standard InChI is InChI=1S/C19H23N3O2/c1-15-3-4-18(16(2)13-15)24-14-19(23)22-11-9-21(10-12-22)17-5-7-20-8-6-17/h3-8,13H,9-12,14H2,1-2H3. The molecule has 1 aromatic carbocycles. The number of aromatic nitrogens is 1. The second-order valence-electron chi connectivity index (χ2n) is 6.13. The number of rotatable bonds is 4. The second kappa shape index (κ2) is 7.34. The maximum Gasteiger partial charge on any atom is 0.260 e. The molecule has 1 fully saturated rings. The van der Waals surface area contributed by atoms with Crippen LogP contribution in [-0.4, -0.2) is 48.6 Å². The van der Waals surface area contributed by atoms with Crippen LogP contribution in [0.25, 0.3) is 0 Å². The number of hydrogen-bond donors (Lipinski definition) is 0. The van der Waals surface area contributed by atoms with Gasteiger partial charge in [0.1, 0.15) is 5.75 Å². The average molecular weight is 325 g/mol. The normalized spacial score (nSPS) is 14.6. The average Bonchev–Trinajstić information content (AvgIpc) is 2.62. The molecule has 1 amide bonds. The summed E-state index contributed by atoms with van der Waals surface area (Å²) in [6, 6.07) is 9.99. The van der Waals surface area contributed by atoms with E-state index in [1.807, 2.05) is 43.0 Å². The number of amides is 1. The van der Waals surface area contributed by atoms with Crippen molar-refractivity contribution in [2.45, 2.75) is 13.8 Å². The van der Waals surface area contributed by atoms with Crippen molar-refractivity contribution in [1.82, 2.24) is 9.88 Å². The lowest BCUT2D eigenvalue weighted by Gasteiger charge is -2.36. The monoisotopic (exact) mass is 325 g/mol. The lowest BCUT2D eigenvalue weighted by atomic mass is 10.1. The molecule has 0 aliphatic carbocycles. The van der Waals surface area contributed by atoms with Gasteiger partial charge in [-0.3, -0.25) is 9.78 Å². The summed E-state index contributed by atoms with van der Waals surface area (Å²) in [4.78, 5) is 20.6. The molecule has 24 heavy (non-hydrogen) atoms. The Morgan fingerprint density at radius 1 is 1.08 bits per heavy atom. The molecule has 2 heterocycles. The first-order chi connectivity index (χ1) is 11.6. The van der Waals surface area contributed by atoms with Crippen molar-refractivity contribution < 1.29 is 9.53 Å². The molecule has 5 nitrogen and oxygen atoms in total. The molecule has 3 rings (SSSR count). The van der Waals surface area contributed by atoms with E-state index in [-0.39, 0.29) is 12.5 Å². The Hall–Kier alpha value is -2.56. The third-order valence-electron chi connectivity index (χ3n) is 4.34. The molecule has 0 atom stereocenters. The summed E-state index contributed by atoms with van der Waals surface area (Å²) in [5.41, 5.74) is 3.41. The van der Waals surface area contributed by atoms with Crippen molar-refractivity contribution >= 4 is 11.6 Å². The Labute approximate surface area is 142 Å². The van der Waals surface area contributed by atoms with Gasteiger partial charge in [0.15, 0.2) is 6.61 Å². The number of ether oxygens (including phenoxy) is 1. The Bertz CT molecular complexity index is 695. The van der Waals surface area contributed by atoms with Crippen LogP contribution in [0.3, 0.4) is 0 Å². The van der Waals surface area contributed by atoms with Crippen LogP contribution in [0.4, 0.5) is 5.69 Å². The Morgan fingerprint density at radius 2 is 1.79 bits per heavy atom. The van der Waals surface area contributed by atoms with Gasteiger partial charge < -0.3 is 14.5 Å². The highest BCUT2D eigenvalue weighted by atomic mass is 16.5. The fraction of sp³-hybridized carbons (Fsp3) is 0.368. The van der Waals surface area contributed by atoms with Crippen molar-refractivity contribution in [1.29, 1.82) is 0 Å². The Morgan fingerprint density at radius 3 is 2.46 bits per heavy atom. The third kappa shape index (κ3) is 3.85. The first-order valence-electron chi connectivity index (χ1n) is 8.26. The van der Waals surface area contributed by atoms with Crippen molar-refractivity contribution in [2.75, 3.05) is 37.7 Å². The number of benzene rings is 1. The number of piperazine rings is 1. The van der Waals surface area contributed by atoms with E-state index in [9.17, 15) is 4.79 Å². The van der Waals surface area contributed by atoms with E-state index in [4.69, 9.17) is 4.74 Å². The number of carbonyl (C=O) groups excluding carboxylic acids is 1. The van der Waals surface area contributed by atoms with Crippen LogP contribution in [-0.2, 0) is 4.79 Å². The molecule has 5 heteroatoms. The predicted molar refractivity (Wildman–Crippen MR) is 94.4 cm³/mol. The van der Waals surface area contributed by atoms with Crippen LogP contribution in [0.5, 0.6) is 5.75 Å². The largest absolute Gasteiger partial charge is 0.484 e. The summed E-state index contributed by atoms with van der Waals surface area (Å²) in [5.74, 6) is 0.828. The van der Waals surface area contributed by atoms with Crippen LogP contribution >= 0.6 is 0 Å². The van der Waals surface area contributed by atoms with Crippen molar-refractivity contribution in [3.05, 3.63) is 53.9 Å². The van der Waals surface area contributed by atoms with Gasteiger partial charge >= 0.3 is 0 Å². The van der Waals surface area contributed by atoms with Gasteiger partial charge in [-0.2, -0.15) is 0 Å². The molecule has 0 spiro atoms. The predicted octanol–water partition coefficient (Wildman–Crippen LogP) is 2.43. The van der Waals surface area contributed by atoms with E-state index in [2.05, 4.69) is 16.0 Å². The first-order valence-corrected chi connectivity index (χ1v) is 8.26. The molecule has 0 unspecified atom stereocenters. The highest BCUT2D eigenvalue weighted by Gasteiger charge is 2.21. The van der Waals surface area contributed by atoms with Crippen molar-refractivity contribution in [3.63, 3.8) is 0 Å². The zero-order valence-electron chi connectivity index (χ0n) is 14.2. The molecule has 1 aromatic heterocycles. The Balaban J connectivity index is 1.50. The summed E-state index contributed by atoms with van der Waals surface area (Å²) in [5, 5.41) is 0. The molecule has 0 radical (unpaired) electrons. The van der Waals surface area contributed by atoms with E-state index in [0.29, 0.717) is 0 Å². The number of pyridine rings is 1. The van der Waals surface area contributed by atoms with Crippen molar-refractivity contribution in [2.24, 2.45) is 0 Å². The smallest absolute Gasteiger partial charge is 0.260 e. The SMILES string of the molecule is Cc1ccc(OCC(=O)N2CCN(c3ccncc3)CC2)c(C)c1. The highest BCUT2D eigenvalue weighted by Crippen LogP contribution is 2.19. The molecule has 1 aliphatic heterocycles. The van der Waals surface area contributed by atoms with E-state index in [1.54, 1.807) is 12.4 Å².